The topological polar surface area (TPSA) is 62.6 Å². The molecule has 1 N–H and O–H groups in total. The van der Waals surface area contributed by atoms with E-state index in [-0.39, 0.29) is 12.6 Å². The Morgan fingerprint density at radius 2 is 1.78 bits per heavy atom. The molecule has 2 heterocycles. The van der Waals surface area contributed by atoms with Crippen LogP contribution in [0.5, 0.6) is 0 Å². The van der Waals surface area contributed by atoms with Gasteiger partial charge in [0.15, 0.2) is 0 Å². The Balaban J connectivity index is 1.83. The molecular weight excluding hydrogens is 381 g/mol. The van der Waals surface area contributed by atoms with E-state index in [2.05, 4.69) is 9.62 Å². The number of nitrogens with zero attached hydrogens (tertiary/aromatic N) is 1. The van der Waals surface area contributed by atoms with Gasteiger partial charge in [-0.3, -0.25) is 4.90 Å². The molecule has 1 aromatic heterocycles. The van der Waals surface area contributed by atoms with Crippen molar-refractivity contribution in [1.82, 2.24) is 9.62 Å². The van der Waals surface area contributed by atoms with Crippen LogP contribution in [0, 0.1) is 0 Å². The van der Waals surface area contributed by atoms with Crippen molar-refractivity contribution >= 4 is 10.0 Å². The zero-order chi connectivity index (χ0) is 19.5. The van der Waals surface area contributed by atoms with Crippen molar-refractivity contribution < 1.29 is 26.0 Å². The summed E-state index contributed by atoms with van der Waals surface area (Å²) in [6.07, 6.45) is -0.174. The number of hydrogen-bond acceptors (Lipinski definition) is 4. The van der Waals surface area contributed by atoms with E-state index in [0.29, 0.717) is 5.76 Å². The Hall–Kier alpha value is -1.84. The second kappa shape index (κ2) is 8.04. The Kier molecular flexibility index (Phi) is 5.92. The summed E-state index contributed by atoms with van der Waals surface area (Å²) >= 11 is 0. The minimum atomic E-state index is -4.75. The first-order chi connectivity index (χ1) is 12.8. The van der Waals surface area contributed by atoms with Gasteiger partial charge in [0.05, 0.1) is 22.8 Å². The van der Waals surface area contributed by atoms with Gasteiger partial charge in [-0.15, -0.1) is 0 Å². The normalized spacial score (nSPS) is 17.7. The van der Waals surface area contributed by atoms with Crippen molar-refractivity contribution in [1.29, 1.82) is 0 Å². The molecule has 148 valence electrons. The van der Waals surface area contributed by atoms with Gasteiger partial charge in [0, 0.05) is 6.54 Å². The molecule has 1 aliphatic rings. The number of hydrogen-bond donors (Lipinski definition) is 1. The third-order valence-electron chi connectivity index (χ3n) is 4.65. The molecule has 0 bridgehead atoms. The Morgan fingerprint density at radius 3 is 2.41 bits per heavy atom. The number of alkyl halides is 3. The fourth-order valence-electron chi connectivity index (χ4n) is 3.32. The van der Waals surface area contributed by atoms with Gasteiger partial charge in [0.2, 0.25) is 10.0 Å². The molecule has 1 aliphatic heterocycles. The number of piperidine rings is 1. The number of nitrogens with one attached hydrogen (secondary N) is 1. The Bertz CT molecular complexity index is 845. The van der Waals surface area contributed by atoms with Crippen molar-refractivity contribution in [3.8, 4) is 0 Å². The molecule has 0 spiro atoms. The molecule has 5 nitrogen and oxygen atoms in total. The first-order valence-electron chi connectivity index (χ1n) is 8.72. The van der Waals surface area contributed by atoms with Gasteiger partial charge < -0.3 is 4.42 Å². The first kappa shape index (κ1) is 19.9. The van der Waals surface area contributed by atoms with Gasteiger partial charge in [-0.2, -0.15) is 13.2 Å². The lowest BCUT2D eigenvalue weighted by Gasteiger charge is -2.33. The van der Waals surface area contributed by atoms with Gasteiger partial charge in [-0.1, -0.05) is 18.6 Å². The highest BCUT2D eigenvalue weighted by atomic mass is 32.2. The van der Waals surface area contributed by atoms with Crippen molar-refractivity contribution in [2.24, 2.45) is 0 Å². The van der Waals surface area contributed by atoms with Crippen LogP contribution >= 0.6 is 0 Å². The Labute approximate surface area is 156 Å². The molecule has 0 unspecified atom stereocenters. The SMILES string of the molecule is O=S(=O)(NC[C@H](c1ccco1)N1CCCCC1)c1ccccc1C(F)(F)F. The van der Waals surface area contributed by atoms with Crippen LogP contribution < -0.4 is 4.72 Å². The summed E-state index contributed by atoms with van der Waals surface area (Å²) in [6.45, 7) is 1.50. The number of likely N-dealkylation sites (tertiary alicyclic amines) is 1. The van der Waals surface area contributed by atoms with Gasteiger partial charge in [-0.25, -0.2) is 13.1 Å². The van der Waals surface area contributed by atoms with Crippen LogP contribution in [0.4, 0.5) is 13.2 Å². The maximum absolute atomic E-state index is 13.2. The van der Waals surface area contributed by atoms with E-state index in [9.17, 15) is 21.6 Å². The highest BCUT2D eigenvalue weighted by Gasteiger charge is 2.37. The lowest BCUT2D eigenvalue weighted by atomic mass is 10.1. The first-order valence-corrected chi connectivity index (χ1v) is 10.2. The number of benzene rings is 1. The van der Waals surface area contributed by atoms with E-state index < -0.39 is 26.7 Å². The van der Waals surface area contributed by atoms with Crippen molar-refractivity contribution in [3.05, 3.63) is 54.0 Å². The molecule has 1 saturated heterocycles. The Morgan fingerprint density at radius 1 is 1.07 bits per heavy atom. The third-order valence-corrected chi connectivity index (χ3v) is 6.13. The molecular formula is C18H21F3N2O3S. The molecule has 1 aromatic carbocycles. The fourth-order valence-corrected chi connectivity index (χ4v) is 4.59. The fraction of sp³-hybridized carbons (Fsp3) is 0.444. The largest absolute Gasteiger partial charge is 0.468 e. The van der Waals surface area contributed by atoms with Crippen molar-refractivity contribution in [2.75, 3.05) is 19.6 Å². The van der Waals surface area contributed by atoms with Crippen LogP contribution in [0.2, 0.25) is 0 Å². The predicted molar refractivity (Wildman–Crippen MR) is 93.5 cm³/mol. The maximum Gasteiger partial charge on any atom is 0.417 e. The molecule has 1 fully saturated rings. The summed E-state index contributed by atoms with van der Waals surface area (Å²) in [6, 6.07) is 7.27. The van der Waals surface area contributed by atoms with Gasteiger partial charge in [0.1, 0.15) is 5.76 Å². The van der Waals surface area contributed by atoms with Gasteiger partial charge in [-0.05, 0) is 50.2 Å². The van der Waals surface area contributed by atoms with Crippen molar-refractivity contribution in [3.63, 3.8) is 0 Å². The average molecular weight is 402 g/mol. The molecule has 0 aliphatic carbocycles. The number of rotatable bonds is 6. The summed E-state index contributed by atoms with van der Waals surface area (Å²) < 4.78 is 72.5. The van der Waals surface area contributed by atoms with Crippen molar-refractivity contribution in [2.45, 2.75) is 36.4 Å². The third kappa shape index (κ3) is 4.72. The predicted octanol–water partition coefficient (Wildman–Crippen LogP) is 3.80. The highest BCUT2D eigenvalue weighted by molar-refractivity contribution is 7.89. The molecule has 0 radical (unpaired) electrons. The zero-order valence-electron chi connectivity index (χ0n) is 14.6. The molecule has 2 aromatic rings. The second-order valence-corrected chi connectivity index (χ2v) is 8.21. The van der Waals surface area contributed by atoms with E-state index in [4.69, 9.17) is 4.42 Å². The molecule has 0 amide bonds. The minimum Gasteiger partial charge on any atom is -0.468 e. The van der Waals surface area contributed by atoms with Gasteiger partial charge >= 0.3 is 6.18 Å². The standard InChI is InChI=1S/C18H21F3N2O3S/c19-18(20,21)14-7-2-3-9-17(14)27(24,25)22-13-15(16-8-6-12-26-16)23-10-4-1-5-11-23/h2-3,6-9,12,15,22H,1,4-5,10-11,13H2/t15-/m1/s1. The van der Waals surface area contributed by atoms with E-state index in [0.717, 1.165) is 44.5 Å². The summed E-state index contributed by atoms with van der Waals surface area (Å²) in [5, 5.41) is 0. The van der Waals surface area contributed by atoms with E-state index in [1.54, 1.807) is 12.1 Å². The average Bonchev–Trinajstić information content (AvgIpc) is 3.16. The quantitative estimate of drug-likeness (QED) is 0.798. The van der Waals surface area contributed by atoms with Crippen LogP contribution in [-0.2, 0) is 16.2 Å². The molecule has 1 atom stereocenters. The summed E-state index contributed by atoms with van der Waals surface area (Å²) in [7, 11) is -4.34. The summed E-state index contributed by atoms with van der Waals surface area (Å²) in [5.74, 6) is 0.587. The van der Waals surface area contributed by atoms with E-state index in [1.807, 2.05) is 0 Å². The van der Waals surface area contributed by atoms with Crippen LogP contribution in [-0.4, -0.2) is 33.0 Å². The molecule has 3 rings (SSSR count). The van der Waals surface area contributed by atoms with Crippen LogP contribution in [0.1, 0.15) is 36.6 Å². The zero-order valence-corrected chi connectivity index (χ0v) is 15.4. The number of halogens is 3. The molecule has 9 heteroatoms. The highest BCUT2D eigenvalue weighted by Crippen LogP contribution is 2.34. The lowest BCUT2D eigenvalue weighted by Crippen LogP contribution is -2.40. The maximum atomic E-state index is 13.2. The summed E-state index contributed by atoms with van der Waals surface area (Å²) in [5.41, 5.74) is -1.18. The number of furan rings is 1. The number of sulfonamides is 1. The van der Waals surface area contributed by atoms with Gasteiger partial charge in [0.25, 0.3) is 0 Å². The summed E-state index contributed by atoms with van der Waals surface area (Å²) in [4.78, 5) is 1.33. The monoisotopic (exact) mass is 402 g/mol. The lowest BCUT2D eigenvalue weighted by molar-refractivity contribution is -0.139. The molecule has 0 saturated carbocycles. The second-order valence-electron chi connectivity index (χ2n) is 6.47. The minimum absolute atomic E-state index is 0.0674. The molecule has 27 heavy (non-hydrogen) atoms. The van der Waals surface area contributed by atoms with Crippen LogP contribution in [0.3, 0.4) is 0 Å². The van der Waals surface area contributed by atoms with Crippen LogP contribution in [0.25, 0.3) is 0 Å². The van der Waals surface area contributed by atoms with Crippen LogP contribution in [0.15, 0.2) is 52.0 Å². The van der Waals surface area contributed by atoms with E-state index in [1.165, 1.54) is 18.4 Å². The smallest absolute Gasteiger partial charge is 0.417 e. The van der Waals surface area contributed by atoms with E-state index >= 15 is 0 Å².